The number of nitrogen functional groups attached to an aromatic ring is 1. The van der Waals surface area contributed by atoms with Gasteiger partial charge in [0, 0.05) is 16.3 Å². The fourth-order valence-electron chi connectivity index (χ4n) is 1.51. The molecule has 0 amide bonds. The highest BCUT2D eigenvalue weighted by Crippen LogP contribution is 2.34. The van der Waals surface area contributed by atoms with Gasteiger partial charge in [0.25, 0.3) is 0 Å². The fraction of sp³-hybridized carbons (Fsp3) is 0.0714. The van der Waals surface area contributed by atoms with Crippen molar-refractivity contribution in [1.29, 1.82) is 5.26 Å². The molecule has 0 heterocycles. The monoisotopic (exact) mass is 274 g/mol. The maximum Gasteiger partial charge on any atom is 0.0991 e. The van der Waals surface area contributed by atoms with Crippen LogP contribution in [0, 0.1) is 11.3 Å². The van der Waals surface area contributed by atoms with E-state index in [2.05, 4.69) is 6.07 Å². The van der Waals surface area contributed by atoms with E-state index in [-0.39, 0.29) is 0 Å². The number of nitrogens with zero attached hydrogens (tertiary/aromatic N) is 1. The molecule has 0 saturated heterocycles. The van der Waals surface area contributed by atoms with Gasteiger partial charge in [-0.1, -0.05) is 29.8 Å². The lowest BCUT2D eigenvalue weighted by atomic mass is 10.2. The molecule has 2 aromatic rings. The number of halogens is 1. The highest BCUT2D eigenvalue weighted by atomic mass is 35.5. The van der Waals surface area contributed by atoms with Crippen molar-refractivity contribution in [3.8, 4) is 6.07 Å². The molecule has 2 aromatic carbocycles. The predicted molar refractivity (Wildman–Crippen MR) is 76.6 cm³/mol. The number of anilines is 1. The highest BCUT2D eigenvalue weighted by molar-refractivity contribution is 7.98. The minimum atomic E-state index is 0.668. The number of nitriles is 1. The van der Waals surface area contributed by atoms with Crippen LogP contribution in [0.4, 0.5) is 5.69 Å². The maximum absolute atomic E-state index is 8.72. The number of hydrogen-bond acceptors (Lipinski definition) is 3. The average Bonchev–Trinajstić information content (AvgIpc) is 2.39. The minimum Gasteiger partial charge on any atom is -0.398 e. The van der Waals surface area contributed by atoms with Crippen molar-refractivity contribution in [1.82, 2.24) is 0 Å². The molecule has 0 aliphatic carbocycles. The largest absolute Gasteiger partial charge is 0.398 e. The quantitative estimate of drug-likeness (QED) is 0.677. The summed E-state index contributed by atoms with van der Waals surface area (Å²) in [6.07, 6.45) is 0. The topological polar surface area (TPSA) is 49.8 Å². The lowest BCUT2D eigenvalue weighted by Gasteiger charge is -2.07. The lowest BCUT2D eigenvalue weighted by molar-refractivity contribution is 1.37. The molecule has 0 aliphatic rings. The third-order valence-electron chi connectivity index (χ3n) is 2.46. The van der Waals surface area contributed by atoms with Gasteiger partial charge in [0.05, 0.1) is 16.7 Å². The number of nitrogens with two attached hydrogens (primary N) is 1. The van der Waals surface area contributed by atoms with Crippen LogP contribution in [0.5, 0.6) is 0 Å². The minimum absolute atomic E-state index is 0.668. The van der Waals surface area contributed by atoms with Crippen LogP contribution < -0.4 is 5.73 Å². The zero-order chi connectivity index (χ0) is 13.0. The Labute approximate surface area is 115 Å². The van der Waals surface area contributed by atoms with Crippen LogP contribution in [-0.4, -0.2) is 0 Å². The van der Waals surface area contributed by atoms with Crippen molar-refractivity contribution in [2.45, 2.75) is 10.6 Å². The van der Waals surface area contributed by atoms with E-state index in [1.165, 1.54) is 0 Å². The van der Waals surface area contributed by atoms with Gasteiger partial charge in [-0.15, -0.1) is 11.8 Å². The Morgan fingerprint density at radius 2 is 1.89 bits per heavy atom. The first-order valence-electron chi connectivity index (χ1n) is 5.36. The lowest BCUT2D eigenvalue weighted by Crippen LogP contribution is -1.89. The molecule has 0 saturated carbocycles. The second kappa shape index (κ2) is 5.81. The van der Waals surface area contributed by atoms with Crippen LogP contribution in [0.25, 0.3) is 0 Å². The Morgan fingerprint density at radius 1 is 1.17 bits per heavy atom. The van der Waals surface area contributed by atoms with E-state index < -0.39 is 0 Å². The zero-order valence-corrected chi connectivity index (χ0v) is 11.1. The summed E-state index contributed by atoms with van der Waals surface area (Å²) in [6, 6.07) is 15.1. The SMILES string of the molecule is N#Cc1ccc(CSc2c(N)cccc2Cl)cc1. The summed E-state index contributed by atoms with van der Waals surface area (Å²) in [5.74, 6) is 0.777. The van der Waals surface area contributed by atoms with E-state index >= 15 is 0 Å². The molecule has 0 fully saturated rings. The molecule has 18 heavy (non-hydrogen) atoms. The second-order valence-electron chi connectivity index (χ2n) is 3.76. The molecule has 0 atom stereocenters. The smallest absolute Gasteiger partial charge is 0.0991 e. The summed E-state index contributed by atoms with van der Waals surface area (Å²) in [4.78, 5) is 0.906. The van der Waals surface area contributed by atoms with Gasteiger partial charge in [-0.25, -0.2) is 0 Å². The standard InChI is InChI=1S/C14H11ClN2S/c15-12-2-1-3-13(17)14(12)18-9-11-6-4-10(8-16)5-7-11/h1-7H,9,17H2. The summed E-state index contributed by atoms with van der Waals surface area (Å²) in [5, 5.41) is 9.39. The molecule has 2 rings (SSSR count). The van der Waals surface area contributed by atoms with Gasteiger partial charge in [0.2, 0.25) is 0 Å². The van der Waals surface area contributed by atoms with Crippen LogP contribution in [0.1, 0.15) is 11.1 Å². The Morgan fingerprint density at radius 3 is 2.50 bits per heavy atom. The van der Waals surface area contributed by atoms with Gasteiger partial charge in [0.1, 0.15) is 0 Å². The van der Waals surface area contributed by atoms with E-state index in [0.717, 1.165) is 16.2 Å². The van der Waals surface area contributed by atoms with Crippen molar-refractivity contribution in [2.75, 3.05) is 5.73 Å². The van der Waals surface area contributed by atoms with Crippen molar-refractivity contribution in [2.24, 2.45) is 0 Å². The molecule has 0 unspecified atom stereocenters. The van der Waals surface area contributed by atoms with Crippen molar-refractivity contribution < 1.29 is 0 Å². The van der Waals surface area contributed by atoms with Crippen molar-refractivity contribution in [3.05, 3.63) is 58.6 Å². The highest BCUT2D eigenvalue weighted by Gasteiger charge is 2.05. The fourth-order valence-corrected chi connectivity index (χ4v) is 2.80. The van der Waals surface area contributed by atoms with Gasteiger partial charge in [0.15, 0.2) is 0 Å². The third-order valence-corrected chi connectivity index (χ3v) is 4.11. The zero-order valence-electron chi connectivity index (χ0n) is 9.56. The van der Waals surface area contributed by atoms with Crippen LogP contribution in [0.2, 0.25) is 5.02 Å². The Kier molecular flexibility index (Phi) is 4.14. The van der Waals surface area contributed by atoms with E-state index in [4.69, 9.17) is 22.6 Å². The second-order valence-corrected chi connectivity index (χ2v) is 5.15. The van der Waals surface area contributed by atoms with Gasteiger partial charge in [-0.3, -0.25) is 0 Å². The van der Waals surface area contributed by atoms with Gasteiger partial charge in [-0.05, 0) is 29.8 Å². The Balaban J connectivity index is 2.09. The van der Waals surface area contributed by atoms with Gasteiger partial charge < -0.3 is 5.73 Å². The number of thioether (sulfide) groups is 1. The molecule has 0 aromatic heterocycles. The molecule has 0 radical (unpaired) electrons. The molecule has 0 spiro atoms. The predicted octanol–water partition coefficient (Wildman–Crippen LogP) is 4.09. The summed E-state index contributed by atoms with van der Waals surface area (Å²) in [6.45, 7) is 0. The number of benzene rings is 2. The average molecular weight is 275 g/mol. The molecule has 90 valence electrons. The summed E-state index contributed by atoms with van der Waals surface area (Å²) in [5.41, 5.74) is 8.38. The molecule has 2 nitrogen and oxygen atoms in total. The summed E-state index contributed by atoms with van der Waals surface area (Å²) in [7, 11) is 0. The van der Waals surface area contributed by atoms with E-state index in [9.17, 15) is 0 Å². The first-order chi connectivity index (χ1) is 8.70. The van der Waals surface area contributed by atoms with Crippen molar-refractivity contribution in [3.63, 3.8) is 0 Å². The van der Waals surface area contributed by atoms with Crippen LogP contribution in [0.3, 0.4) is 0 Å². The van der Waals surface area contributed by atoms with E-state index in [1.54, 1.807) is 11.8 Å². The first-order valence-corrected chi connectivity index (χ1v) is 6.73. The molecule has 0 bridgehead atoms. The number of rotatable bonds is 3. The van der Waals surface area contributed by atoms with Crippen LogP contribution >= 0.6 is 23.4 Å². The van der Waals surface area contributed by atoms with E-state index in [1.807, 2.05) is 42.5 Å². The first kappa shape index (κ1) is 12.8. The third kappa shape index (κ3) is 2.98. The maximum atomic E-state index is 8.72. The van der Waals surface area contributed by atoms with Gasteiger partial charge >= 0.3 is 0 Å². The summed E-state index contributed by atoms with van der Waals surface area (Å²) >= 11 is 7.70. The Hall–Kier alpha value is -1.63. The Bertz CT molecular complexity index is 567. The molecule has 4 heteroatoms. The number of hydrogen-bond donors (Lipinski definition) is 1. The van der Waals surface area contributed by atoms with Crippen LogP contribution in [-0.2, 0) is 5.75 Å². The molecule has 0 aliphatic heterocycles. The molecule has 2 N–H and O–H groups in total. The molecular weight excluding hydrogens is 264 g/mol. The van der Waals surface area contributed by atoms with Crippen molar-refractivity contribution >= 4 is 29.1 Å². The summed E-state index contributed by atoms with van der Waals surface area (Å²) < 4.78 is 0. The molecular formula is C14H11ClN2S. The van der Waals surface area contributed by atoms with Gasteiger partial charge in [-0.2, -0.15) is 5.26 Å². The van der Waals surface area contributed by atoms with Crippen LogP contribution in [0.15, 0.2) is 47.4 Å². The normalized spacial score (nSPS) is 10.0. The van der Waals surface area contributed by atoms with E-state index in [0.29, 0.717) is 16.3 Å².